The molecule has 1 fully saturated rings. The molecule has 2 aromatic heterocycles. The highest BCUT2D eigenvalue weighted by Gasteiger charge is 2.43. The minimum Gasteiger partial charge on any atom is -0.394 e. The maximum atomic E-state index is 11.1. The van der Waals surface area contributed by atoms with Crippen LogP contribution in [-0.2, 0) is 9.53 Å². The van der Waals surface area contributed by atoms with Crippen LogP contribution in [0.25, 0.3) is 11.2 Å². The molecule has 3 heterocycles. The number of amides is 1. The average molecular weight is 473 g/mol. The van der Waals surface area contributed by atoms with Crippen LogP contribution >= 0.6 is 24.8 Å². The van der Waals surface area contributed by atoms with Gasteiger partial charge >= 0.3 is 0 Å². The van der Waals surface area contributed by atoms with Crippen molar-refractivity contribution in [3.05, 3.63) is 11.0 Å². The lowest BCUT2D eigenvalue weighted by Gasteiger charge is -2.17. The number of ether oxygens (including phenoxy) is 1. The number of aromatic nitrogens is 4. The Hall–Kier alpha value is -1.77. The number of fused-ring (bicyclic) bond motifs is 1. The number of nitrogens with zero attached hydrogens (tertiary/aromatic N) is 3. The van der Waals surface area contributed by atoms with Crippen molar-refractivity contribution in [3.63, 3.8) is 0 Å². The van der Waals surface area contributed by atoms with Gasteiger partial charge in [0.1, 0.15) is 29.5 Å². The third kappa shape index (κ3) is 5.73. The van der Waals surface area contributed by atoms with Crippen LogP contribution < -0.4 is 10.6 Å². The van der Waals surface area contributed by atoms with Crippen LogP contribution in [0.5, 0.6) is 0 Å². The molecule has 0 radical (unpaired) electrons. The minimum atomic E-state index is -1.22. The summed E-state index contributed by atoms with van der Waals surface area (Å²) in [6, 6.07) is 0. The van der Waals surface area contributed by atoms with E-state index >= 15 is 0 Å². The summed E-state index contributed by atoms with van der Waals surface area (Å²) in [5.41, 5.74) is 0.943. The Balaban J connectivity index is 1.56. The molecule has 0 unspecified atom stereocenters. The van der Waals surface area contributed by atoms with Gasteiger partial charge in [0.05, 0.1) is 18.7 Å². The second-order valence-corrected chi connectivity index (χ2v) is 8.02. The molecule has 13 heteroatoms. The lowest BCUT2D eigenvalue weighted by Crippen LogP contribution is -2.33. The van der Waals surface area contributed by atoms with Gasteiger partial charge in [-0.05, 0) is 12.8 Å². The maximum absolute atomic E-state index is 11.1. The molecule has 1 aliphatic rings. The molecule has 4 atom stereocenters. The maximum Gasteiger partial charge on any atom is 0.229 e. The number of carbonyl (C=O) groups excluding carboxylic acids is 1. The van der Waals surface area contributed by atoms with Crippen LogP contribution in [-0.4, -0.2) is 84.5 Å². The number of H-pyrrole nitrogens is 1. The van der Waals surface area contributed by atoms with E-state index in [-0.39, 0.29) is 11.7 Å². The Morgan fingerprint density at radius 1 is 1.26 bits per heavy atom. The van der Waals surface area contributed by atoms with Crippen molar-refractivity contribution in [2.24, 2.45) is 0 Å². The van der Waals surface area contributed by atoms with Crippen molar-refractivity contribution in [1.29, 1.82) is 0 Å². The smallest absolute Gasteiger partial charge is 0.229 e. The first-order chi connectivity index (χ1) is 15.0. The molecule has 2 aromatic rings. The van der Waals surface area contributed by atoms with E-state index in [2.05, 4.69) is 38.2 Å². The number of hydrogen-bond donors (Lipinski definition) is 7. The summed E-state index contributed by atoms with van der Waals surface area (Å²) in [6.45, 7) is 0.922. The lowest BCUT2D eigenvalue weighted by molar-refractivity contribution is -0.118. The summed E-state index contributed by atoms with van der Waals surface area (Å²) in [6.07, 6.45) is 1.04. The molecule has 1 aliphatic heterocycles. The first kappa shape index (κ1) is 23.9. The van der Waals surface area contributed by atoms with Gasteiger partial charge < -0.3 is 35.7 Å². The van der Waals surface area contributed by atoms with Crippen LogP contribution in [0.15, 0.2) is 6.33 Å². The van der Waals surface area contributed by atoms with E-state index in [4.69, 9.17) is 17.0 Å². The van der Waals surface area contributed by atoms with E-state index < -0.39 is 31.1 Å². The van der Waals surface area contributed by atoms with E-state index in [0.29, 0.717) is 34.8 Å². The van der Waals surface area contributed by atoms with Gasteiger partial charge in [-0.2, -0.15) is 12.6 Å². The largest absolute Gasteiger partial charge is 0.394 e. The third-order valence-corrected chi connectivity index (χ3v) is 5.67. The summed E-state index contributed by atoms with van der Waals surface area (Å²) < 4.78 is 7.42. The van der Waals surface area contributed by atoms with E-state index in [0.717, 1.165) is 25.7 Å². The Kier molecular flexibility index (Phi) is 8.63. The van der Waals surface area contributed by atoms with E-state index in [1.807, 2.05) is 0 Å². The molecular formula is C18H28N6O5S2. The first-order valence-electron chi connectivity index (χ1n) is 10.2. The fourth-order valence-electron chi connectivity index (χ4n) is 3.42. The van der Waals surface area contributed by atoms with Gasteiger partial charge in [0, 0.05) is 13.1 Å². The Bertz CT molecular complexity index is 938. The number of carbonyl (C=O) groups is 1. The fraction of sp³-hybridized carbons (Fsp3) is 0.667. The van der Waals surface area contributed by atoms with Crippen molar-refractivity contribution in [2.75, 3.05) is 30.8 Å². The van der Waals surface area contributed by atoms with Crippen molar-refractivity contribution in [1.82, 2.24) is 24.8 Å². The normalized spacial score (nSPS) is 23.4. The highest BCUT2D eigenvalue weighted by molar-refractivity contribution is 7.81. The number of rotatable bonds is 11. The van der Waals surface area contributed by atoms with Crippen LogP contribution in [0, 0.1) is 4.64 Å². The number of imidazole rings is 1. The Labute approximate surface area is 189 Å². The minimum absolute atomic E-state index is 0.0575. The zero-order valence-corrected chi connectivity index (χ0v) is 18.6. The van der Waals surface area contributed by atoms with Gasteiger partial charge in [-0.15, -0.1) is 0 Å². The van der Waals surface area contributed by atoms with E-state index in [1.165, 1.54) is 6.33 Å². The number of aliphatic hydroxyl groups is 3. The van der Waals surface area contributed by atoms with Crippen LogP contribution in [0.2, 0.25) is 0 Å². The third-order valence-electron chi connectivity index (χ3n) is 5.10. The fourth-order valence-corrected chi connectivity index (χ4v) is 3.77. The second kappa shape index (κ2) is 11.2. The number of thiol groups is 1. The number of hydrogen-bond acceptors (Lipinski definition) is 10. The zero-order valence-electron chi connectivity index (χ0n) is 16.9. The molecule has 31 heavy (non-hydrogen) atoms. The monoisotopic (exact) mass is 472 g/mol. The number of nitrogens with one attached hydrogen (secondary N) is 3. The molecule has 0 aromatic carbocycles. The van der Waals surface area contributed by atoms with Gasteiger partial charge in [-0.3, -0.25) is 9.36 Å². The van der Waals surface area contributed by atoms with Gasteiger partial charge in [0.2, 0.25) is 11.9 Å². The molecule has 11 nitrogen and oxygen atoms in total. The van der Waals surface area contributed by atoms with Crippen molar-refractivity contribution in [3.8, 4) is 0 Å². The summed E-state index contributed by atoms with van der Waals surface area (Å²) in [5, 5.41) is 35.6. The molecule has 172 valence electrons. The average Bonchev–Trinajstić information content (AvgIpc) is 3.31. The number of unbranched alkanes of at least 4 members (excludes halogenated alkanes) is 3. The molecule has 1 saturated heterocycles. The summed E-state index contributed by atoms with van der Waals surface area (Å²) in [7, 11) is 0. The van der Waals surface area contributed by atoms with Gasteiger partial charge in [0.15, 0.2) is 10.9 Å². The Morgan fingerprint density at radius 3 is 2.68 bits per heavy atom. The van der Waals surface area contributed by atoms with E-state index in [9.17, 15) is 20.1 Å². The molecule has 1 amide bonds. The summed E-state index contributed by atoms with van der Waals surface area (Å²) in [5.74, 6) is 0.612. The molecule has 0 spiro atoms. The van der Waals surface area contributed by atoms with Gasteiger partial charge in [-0.1, -0.05) is 25.1 Å². The lowest BCUT2D eigenvalue weighted by atomic mass is 10.1. The standard InChI is InChI=1S/C18H28N6O5S2/c25-7-10-13(27)14(28)17(29-10)24-9-21-12-15(24)22-18(23-16(12)31)20-6-4-2-1-3-5-19-11(26)8-30/h9-10,13-14,17,25,27-28,30H,1-8H2,(H,19,26)(H2,20,22,23,31)/t10-,13-,14-,17-/m1/s1. The predicted molar refractivity (Wildman–Crippen MR) is 120 cm³/mol. The highest BCUT2D eigenvalue weighted by Crippen LogP contribution is 2.31. The zero-order chi connectivity index (χ0) is 22.4. The number of aliphatic hydroxyl groups excluding tert-OH is 3. The number of anilines is 1. The SMILES string of the molecule is O=C(CS)NCCCCCCNc1nc(=S)c2ncn([C@@H]3O[C@H](CO)[C@@H](O)[C@H]3O)c2[nH]1. The highest BCUT2D eigenvalue weighted by atomic mass is 32.1. The van der Waals surface area contributed by atoms with Gasteiger partial charge in [0.25, 0.3) is 0 Å². The van der Waals surface area contributed by atoms with Crippen molar-refractivity contribution >= 4 is 47.9 Å². The topological polar surface area (TPSA) is 158 Å². The molecule has 3 rings (SSSR count). The molecule has 6 N–H and O–H groups in total. The molecular weight excluding hydrogens is 444 g/mol. The second-order valence-electron chi connectivity index (χ2n) is 7.32. The van der Waals surface area contributed by atoms with Crippen LogP contribution in [0.1, 0.15) is 31.9 Å². The molecule has 0 aliphatic carbocycles. The Morgan fingerprint density at radius 2 is 2.00 bits per heavy atom. The summed E-state index contributed by atoms with van der Waals surface area (Å²) >= 11 is 9.24. The summed E-state index contributed by atoms with van der Waals surface area (Å²) in [4.78, 5) is 22.8. The van der Waals surface area contributed by atoms with Gasteiger partial charge in [-0.25, -0.2) is 9.97 Å². The van der Waals surface area contributed by atoms with Crippen LogP contribution in [0.4, 0.5) is 5.95 Å². The van der Waals surface area contributed by atoms with Crippen molar-refractivity contribution in [2.45, 2.75) is 50.2 Å². The van der Waals surface area contributed by atoms with E-state index in [1.54, 1.807) is 4.57 Å². The first-order valence-corrected chi connectivity index (χ1v) is 11.2. The van der Waals surface area contributed by atoms with Crippen molar-refractivity contribution < 1.29 is 24.9 Å². The number of aromatic amines is 1. The quantitative estimate of drug-likeness (QED) is 0.137. The molecule has 0 bridgehead atoms. The molecule has 0 saturated carbocycles. The predicted octanol–water partition coefficient (Wildman–Crippen LogP) is 0.119. The van der Waals surface area contributed by atoms with Crippen LogP contribution in [0.3, 0.4) is 0 Å².